The van der Waals surface area contributed by atoms with E-state index in [0.29, 0.717) is 35.0 Å². The highest BCUT2D eigenvalue weighted by Gasteiger charge is 2.24. The van der Waals surface area contributed by atoms with Gasteiger partial charge in [-0.1, -0.05) is 12.1 Å². The predicted molar refractivity (Wildman–Crippen MR) is 115 cm³/mol. The minimum atomic E-state index is -0.297. The molecule has 0 unspecified atom stereocenters. The molecule has 0 radical (unpaired) electrons. The van der Waals surface area contributed by atoms with Crippen LogP contribution in [0.15, 0.2) is 48.0 Å². The van der Waals surface area contributed by atoms with Crippen LogP contribution in [0.3, 0.4) is 0 Å². The topological polar surface area (TPSA) is 67.4 Å². The van der Waals surface area contributed by atoms with Crippen molar-refractivity contribution in [1.29, 1.82) is 0 Å². The number of nitrogens with zero attached hydrogens (tertiary/aromatic N) is 3. The van der Waals surface area contributed by atoms with Crippen molar-refractivity contribution in [2.45, 2.75) is 32.6 Å². The molecular weight excluding hydrogens is 403 g/mol. The highest BCUT2D eigenvalue weighted by Crippen LogP contribution is 2.25. The normalized spacial score (nSPS) is 19.0. The zero-order valence-electron chi connectivity index (χ0n) is 16.8. The largest absolute Gasteiger partial charge is 0.372 e. The van der Waals surface area contributed by atoms with Crippen molar-refractivity contribution in [3.63, 3.8) is 0 Å². The fraction of sp³-hybridized carbons (Fsp3) is 0.318. The molecule has 1 N–H and O–H groups in total. The summed E-state index contributed by atoms with van der Waals surface area (Å²) in [6, 6.07) is 10.6. The Morgan fingerprint density at radius 1 is 1.27 bits per heavy atom. The van der Waals surface area contributed by atoms with E-state index in [1.54, 1.807) is 17.6 Å². The van der Waals surface area contributed by atoms with Crippen LogP contribution in [0.4, 0.5) is 10.1 Å². The number of halogens is 1. The third kappa shape index (κ3) is 4.66. The van der Waals surface area contributed by atoms with Gasteiger partial charge < -0.3 is 15.0 Å². The molecule has 30 heavy (non-hydrogen) atoms. The molecule has 1 aliphatic heterocycles. The average Bonchev–Trinajstić information content (AvgIpc) is 3.22. The van der Waals surface area contributed by atoms with Gasteiger partial charge >= 0.3 is 0 Å². The molecule has 0 saturated carbocycles. The van der Waals surface area contributed by atoms with Crippen molar-refractivity contribution in [3.05, 3.63) is 65.0 Å². The smallest absolute Gasteiger partial charge is 0.271 e. The summed E-state index contributed by atoms with van der Waals surface area (Å²) < 4.78 is 20.4. The van der Waals surface area contributed by atoms with Crippen molar-refractivity contribution in [3.8, 4) is 10.7 Å². The van der Waals surface area contributed by atoms with E-state index in [1.165, 1.54) is 17.4 Å². The van der Waals surface area contributed by atoms with E-state index in [-0.39, 0.29) is 30.5 Å². The highest BCUT2D eigenvalue weighted by molar-refractivity contribution is 7.13. The molecule has 156 valence electrons. The zero-order valence-corrected chi connectivity index (χ0v) is 17.7. The van der Waals surface area contributed by atoms with Crippen LogP contribution >= 0.6 is 11.3 Å². The third-order valence-corrected chi connectivity index (χ3v) is 5.71. The lowest BCUT2D eigenvalue weighted by Gasteiger charge is -2.37. The Bertz CT molecular complexity index is 1020. The number of carbonyl (C=O) groups excluding carboxylic acids is 1. The monoisotopic (exact) mass is 426 g/mol. The lowest BCUT2D eigenvalue weighted by atomic mass is 10.1. The minimum Gasteiger partial charge on any atom is -0.372 e. The van der Waals surface area contributed by atoms with Gasteiger partial charge in [0, 0.05) is 31.2 Å². The molecule has 1 aromatic carbocycles. The van der Waals surface area contributed by atoms with E-state index in [1.807, 2.05) is 43.0 Å². The fourth-order valence-electron chi connectivity index (χ4n) is 3.55. The first-order valence-electron chi connectivity index (χ1n) is 9.83. The maximum absolute atomic E-state index is 14.7. The molecule has 0 spiro atoms. The molecule has 8 heteroatoms. The van der Waals surface area contributed by atoms with Crippen LogP contribution in [-0.2, 0) is 11.3 Å². The SMILES string of the molecule is C[C@H]1CN(c2ccc(CNC(=O)c3csc(-c4ccccn4)n3)cc2F)C[C@H](C)O1. The number of hydrogen-bond acceptors (Lipinski definition) is 6. The van der Waals surface area contributed by atoms with Gasteiger partial charge in [-0.15, -0.1) is 11.3 Å². The summed E-state index contributed by atoms with van der Waals surface area (Å²) >= 11 is 1.36. The molecule has 0 bridgehead atoms. The first-order valence-corrected chi connectivity index (χ1v) is 10.7. The number of ether oxygens (including phenoxy) is 1. The van der Waals surface area contributed by atoms with Crippen molar-refractivity contribution in [1.82, 2.24) is 15.3 Å². The number of nitrogens with one attached hydrogen (secondary N) is 1. The summed E-state index contributed by atoms with van der Waals surface area (Å²) in [5, 5.41) is 5.19. The Hall–Kier alpha value is -2.84. The molecule has 3 heterocycles. The summed E-state index contributed by atoms with van der Waals surface area (Å²) in [6.07, 6.45) is 1.80. The number of hydrogen-bond donors (Lipinski definition) is 1. The van der Waals surface area contributed by atoms with E-state index in [2.05, 4.69) is 15.3 Å². The maximum atomic E-state index is 14.7. The molecule has 1 aliphatic rings. The Morgan fingerprint density at radius 2 is 2.07 bits per heavy atom. The van der Waals surface area contributed by atoms with Crippen LogP contribution in [-0.4, -0.2) is 41.2 Å². The van der Waals surface area contributed by atoms with Gasteiger partial charge in [-0.2, -0.15) is 0 Å². The second-order valence-corrected chi connectivity index (χ2v) is 8.24. The molecule has 4 rings (SSSR count). The molecular formula is C22H23FN4O2S. The van der Waals surface area contributed by atoms with Gasteiger partial charge in [-0.3, -0.25) is 9.78 Å². The minimum absolute atomic E-state index is 0.0567. The zero-order chi connectivity index (χ0) is 21.1. The third-order valence-electron chi connectivity index (χ3n) is 4.85. The number of rotatable bonds is 5. The number of thiazole rings is 1. The summed E-state index contributed by atoms with van der Waals surface area (Å²) in [5.74, 6) is -0.595. The quantitative estimate of drug-likeness (QED) is 0.671. The van der Waals surface area contributed by atoms with Crippen LogP contribution in [0.5, 0.6) is 0 Å². The summed E-state index contributed by atoms with van der Waals surface area (Å²) in [5.41, 5.74) is 2.31. The molecule has 1 amide bonds. The standard InChI is InChI=1S/C22H23FN4O2S/c1-14-11-27(12-15(2)29-14)20-7-6-16(9-17(20)23)10-25-21(28)19-13-30-22(26-19)18-5-3-4-8-24-18/h3-9,13-15H,10-12H2,1-2H3,(H,25,28)/t14-,15-/m0/s1. The summed E-state index contributed by atoms with van der Waals surface area (Å²) in [7, 11) is 0. The van der Waals surface area contributed by atoms with Crippen LogP contribution in [0.25, 0.3) is 10.7 Å². The van der Waals surface area contributed by atoms with Crippen molar-refractivity contribution < 1.29 is 13.9 Å². The highest BCUT2D eigenvalue weighted by atomic mass is 32.1. The second kappa shape index (κ2) is 8.89. The van der Waals surface area contributed by atoms with Crippen LogP contribution < -0.4 is 10.2 Å². The molecule has 1 fully saturated rings. The van der Waals surface area contributed by atoms with Gasteiger partial charge in [0.05, 0.1) is 23.6 Å². The van der Waals surface area contributed by atoms with E-state index in [4.69, 9.17) is 4.74 Å². The van der Waals surface area contributed by atoms with E-state index in [0.717, 1.165) is 5.69 Å². The number of amides is 1. The first kappa shape index (κ1) is 20.4. The Kier molecular flexibility index (Phi) is 6.06. The maximum Gasteiger partial charge on any atom is 0.271 e. The average molecular weight is 427 g/mol. The number of morpholine rings is 1. The van der Waals surface area contributed by atoms with Gasteiger partial charge in [-0.25, -0.2) is 9.37 Å². The molecule has 6 nitrogen and oxygen atoms in total. The van der Waals surface area contributed by atoms with Gasteiger partial charge in [0.15, 0.2) is 0 Å². The number of benzene rings is 1. The molecule has 3 aromatic rings. The molecule has 2 atom stereocenters. The van der Waals surface area contributed by atoms with Crippen molar-refractivity contribution >= 4 is 22.9 Å². The van der Waals surface area contributed by atoms with Crippen molar-refractivity contribution in [2.24, 2.45) is 0 Å². The summed E-state index contributed by atoms with van der Waals surface area (Å²) in [4.78, 5) is 23.0. The van der Waals surface area contributed by atoms with E-state index in [9.17, 15) is 9.18 Å². The van der Waals surface area contributed by atoms with Crippen LogP contribution in [0.2, 0.25) is 0 Å². The lowest BCUT2D eigenvalue weighted by molar-refractivity contribution is -0.00539. The van der Waals surface area contributed by atoms with Crippen LogP contribution in [0, 0.1) is 5.82 Å². The predicted octanol–water partition coefficient (Wildman–Crippen LogP) is 3.89. The molecule has 0 aliphatic carbocycles. The number of anilines is 1. The molecule has 2 aromatic heterocycles. The Balaban J connectivity index is 1.39. The first-order chi connectivity index (χ1) is 14.5. The van der Waals surface area contributed by atoms with Gasteiger partial charge in [-0.05, 0) is 43.7 Å². The number of pyridine rings is 1. The lowest BCUT2D eigenvalue weighted by Crippen LogP contribution is -2.45. The Labute approximate surface area is 178 Å². The number of carbonyl (C=O) groups is 1. The van der Waals surface area contributed by atoms with E-state index >= 15 is 0 Å². The van der Waals surface area contributed by atoms with Crippen molar-refractivity contribution in [2.75, 3.05) is 18.0 Å². The second-order valence-electron chi connectivity index (χ2n) is 7.38. The Morgan fingerprint density at radius 3 is 2.77 bits per heavy atom. The van der Waals surface area contributed by atoms with Gasteiger partial charge in [0.1, 0.15) is 16.5 Å². The molecule has 1 saturated heterocycles. The van der Waals surface area contributed by atoms with Crippen LogP contribution in [0.1, 0.15) is 29.9 Å². The van der Waals surface area contributed by atoms with Gasteiger partial charge in [0.25, 0.3) is 5.91 Å². The number of aromatic nitrogens is 2. The van der Waals surface area contributed by atoms with Gasteiger partial charge in [0.2, 0.25) is 0 Å². The van der Waals surface area contributed by atoms with E-state index < -0.39 is 0 Å². The summed E-state index contributed by atoms with van der Waals surface area (Å²) in [6.45, 7) is 5.51. The fourth-order valence-corrected chi connectivity index (χ4v) is 4.32.